The van der Waals surface area contributed by atoms with Crippen LogP contribution in [0.5, 0.6) is 0 Å². The van der Waals surface area contributed by atoms with Crippen molar-refractivity contribution in [2.24, 2.45) is 0 Å². The minimum absolute atomic E-state index is 0.457. The van der Waals surface area contributed by atoms with Crippen molar-refractivity contribution in [2.45, 2.75) is 52.6 Å². The molecule has 1 aliphatic heterocycles. The lowest BCUT2D eigenvalue weighted by Gasteiger charge is -2.12. The largest absolute Gasteiger partial charge is 0.310 e. The van der Waals surface area contributed by atoms with Gasteiger partial charge in [0.2, 0.25) is 0 Å². The monoisotopic (exact) mass is 207 g/mol. The number of aromatic nitrogens is 2. The second-order valence-electron chi connectivity index (χ2n) is 4.77. The number of hydrogen-bond acceptors (Lipinski definition) is 2. The molecule has 2 rings (SSSR count). The molecular weight excluding hydrogens is 186 g/mol. The first-order chi connectivity index (χ1) is 7.11. The third-order valence-corrected chi connectivity index (χ3v) is 3.28. The summed E-state index contributed by atoms with van der Waals surface area (Å²) in [6.07, 6.45) is 2.54. The molecule has 0 aliphatic carbocycles. The van der Waals surface area contributed by atoms with Gasteiger partial charge < -0.3 is 5.32 Å². The van der Waals surface area contributed by atoms with Crippen molar-refractivity contribution < 1.29 is 0 Å². The molecule has 15 heavy (non-hydrogen) atoms. The second-order valence-corrected chi connectivity index (χ2v) is 4.77. The average Bonchev–Trinajstić information content (AvgIpc) is 2.73. The van der Waals surface area contributed by atoms with Crippen LogP contribution >= 0.6 is 0 Å². The maximum atomic E-state index is 4.63. The Labute approximate surface area is 91.9 Å². The Morgan fingerprint density at radius 2 is 2.13 bits per heavy atom. The third kappa shape index (κ3) is 1.81. The fraction of sp³-hybridized carbons (Fsp3) is 0.750. The first-order valence-corrected chi connectivity index (χ1v) is 5.90. The molecule has 1 aromatic heterocycles. The van der Waals surface area contributed by atoms with Crippen molar-refractivity contribution in [3.8, 4) is 0 Å². The van der Waals surface area contributed by atoms with Crippen molar-refractivity contribution in [3.63, 3.8) is 0 Å². The van der Waals surface area contributed by atoms with Crippen molar-refractivity contribution in [3.05, 3.63) is 17.0 Å². The molecule has 1 fully saturated rings. The molecule has 0 spiro atoms. The van der Waals surface area contributed by atoms with Gasteiger partial charge in [-0.3, -0.25) is 4.68 Å². The smallest absolute Gasteiger partial charge is 0.0644 e. The van der Waals surface area contributed by atoms with E-state index in [1.807, 2.05) is 0 Å². The minimum Gasteiger partial charge on any atom is -0.310 e. The average molecular weight is 207 g/mol. The van der Waals surface area contributed by atoms with E-state index in [0.717, 1.165) is 6.54 Å². The van der Waals surface area contributed by atoms with Crippen LogP contribution in [0.4, 0.5) is 0 Å². The number of nitrogens with zero attached hydrogens (tertiary/aromatic N) is 2. The van der Waals surface area contributed by atoms with Crippen molar-refractivity contribution in [1.82, 2.24) is 15.1 Å². The summed E-state index contributed by atoms with van der Waals surface area (Å²) in [6.45, 7) is 9.84. The highest BCUT2D eigenvalue weighted by Crippen LogP contribution is 2.29. The fourth-order valence-corrected chi connectivity index (χ4v) is 2.61. The highest BCUT2D eigenvalue weighted by atomic mass is 15.3. The number of rotatable bonds is 2. The SMILES string of the molecule is Cc1nn(C(C)C)c(C)c1C1CCCN1. The van der Waals surface area contributed by atoms with E-state index in [4.69, 9.17) is 0 Å². The third-order valence-electron chi connectivity index (χ3n) is 3.28. The van der Waals surface area contributed by atoms with Gasteiger partial charge in [-0.25, -0.2) is 0 Å². The molecule has 0 bridgehead atoms. The zero-order chi connectivity index (χ0) is 11.0. The minimum atomic E-state index is 0.457. The van der Waals surface area contributed by atoms with Gasteiger partial charge in [0.15, 0.2) is 0 Å². The zero-order valence-corrected chi connectivity index (χ0v) is 10.2. The van der Waals surface area contributed by atoms with Crippen LogP contribution in [0.1, 0.15) is 55.7 Å². The van der Waals surface area contributed by atoms with Gasteiger partial charge >= 0.3 is 0 Å². The number of hydrogen-bond donors (Lipinski definition) is 1. The van der Waals surface area contributed by atoms with Crippen LogP contribution in [0, 0.1) is 13.8 Å². The second kappa shape index (κ2) is 3.97. The van der Waals surface area contributed by atoms with Gasteiger partial charge in [0.1, 0.15) is 0 Å². The quantitative estimate of drug-likeness (QED) is 0.807. The Hall–Kier alpha value is -0.830. The normalized spacial score (nSPS) is 21.5. The Kier molecular flexibility index (Phi) is 2.83. The zero-order valence-electron chi connectivity index (χ0n) is 10.2. The number of aryl methyl sites for hydroxylation is 1. The summed E-state index contributed by atoms with van der Waals surface area (Å²) < 4.78 is 2.14. The molecule has 1 unspecified atom stereocenters. The Morgan fingerprint density at radius 1 is 1.40 bits per heavy atom. The lowest BCUT2D eigenvalue weighted by molar-refractivity contribution is 0.514. The van der Waals surface area contributed by atoms with Crippen LogP contribution in [0.3, 0.4) is 0 Å². The molecule has 2 heterocycles. The van der Waals surface area contributed by atoms with Gasteiger partial charge in [0.05, 0.1) is 5.69 Å². The van der Waals surface area contributed by atoms with Crippen LogP contribution in [0.15, 0.2) is 0 Å². The van der Waals surface area contributed by atoms with Gasteiger partial charge in [0.25, 0.3) is 0 Å². The van der Waals surface area contributed by atoms with Crippen molar-refractivity contribution >= 4 is 0 Å². The van der Waals surface area contributed by atoms with E-state index in [1.54, 1.807) is 0 Å². The van der Waals surface area contributed by atoms with E-state index in [2.05, 4.69) is 42.8 Å². The maximum absolute atomic E-state index is 4.63. The molecular formula is C12H21N3. The molecule has 1 saturated heterocycles. The van der Waals surface area contributed by atoms with Gasteiger partial charge in [-0.2, -0.15) is 5.10 Å². The molecule has 0 aromatic carbocycles. The highest BCUT2D eigenvalue weighted by molar-refractivity contribution is 5.29. The first kappa shape index (κ1) is 10.7. The highest BCUT2D eigenvalue weighted by Gasteiger charge is 2.23. The van der Waals surface area contributed by atoms with Crippen LogP contribution in [0.25, 0.3) is 0 Å². The maximum Gasteiger partial charge on any atom is 0.0644 e. The van der Waals surface area contributed by atoms with E-state index in [0.29, 0.717) is 12.1 Å². The summed E-state index contributed by atoms with van der Waals surface area (Å²) >= 11 is 0. The first-order valence-electron chi connectivity index (χ1n) is 5.90. The summed E-state index contributed by atoms with van der Waals surface area (Å²) in [5.41, 5.74) is 3.96. The Bertz CT molecular complexity index is 346. The van der Waals surface area contributed by atoms with E-state index in [9.17, 15) is 0 Å². The van der Waals surface area contributed by atoms with Crippen LogP contribution < -0.4 is 5.32 Å². The summed E-state index contributed by atoms with van der Waals surface area (Å²) in [4.78, 5) is 0. The van der Waals surface area contributed by atoms with Crippen molar-refractivity contribution in [2.75, 3.05) is 6.54 Å². The molecule has 3 heteroatoms. The molecule has 3 nitrogen and oxygen atoms in total. The Morgan fingerprint density at radius 3 is 2.60 bits per heavy atom. The predicted octanol–water partition coefficient (Wildman–Crippen LogP) is 2.51. The summed E-state index contributed by atoms with van der Waals surface area (Å²) in [5.74, 6) is 0. The van der Waals surface area contributed by atoms with Crippen LogP contribution in [0.2, 0.25) is 0 Å². The standard InChI is InChI=1S/C12H21N3/c1-8(2)15-10(4)12(9(3)14-15)11-6-5-7-13-11/h8,11,13H,5-7H2,1-4H3. The van der Waals surface area contributed by atoms with Gasteiger partial charge in [0, 0.05) is 23.3 Å². The van der Waals surface area contributed by atoms with Crippen LogP contribution in [-0.4, -0.2) is 16.3 Å². The summed E-state index contributed by atoms with van der Waals surface area (Å²) in [6, 6.07) is 0.997. The number of nitrogens with one attached hydrogen (secondary N) is 1. The van der Waals surface area contributed by atoms with Crippen molar-refractivity contribution in [1.29, 1.82) is 0 Å². The van der Waals surface area contributed by atoms with E-state index in [1.165, 1.54) is 29.8 Å². The van der Waals surface area contributed by atoms with Gasteiger partial charge in [-0.1, -0.05) is 0 Å². The predicted molar refractivity (Wildman–Crippen MR) is 62.1 cm³/mol. The lowest BCUT2D eigenvalue weighted by Crippen LogP contribution is -2.14. The molecule has 0 radical (unpaired) electrons. The molecule has 1 aromatic rings. The lowest BCUT2D eigenvalue weighted by atomic mass is 10.0. The summed E-state index contributed by atoms with van der Waals surface area (Å²) in [7, 11) is 0. The topological polar surface area (TPSA) is 29.9 Å². The fourth-order valence-electron chi connectivity index (χ4n) is 2.61. The van der Waals surface area contributed by atoms with E-state index in [-0.39, 0.29) is 0 Å². The van der Waals surface area contributed by atoms with Gasteiger partial charge in [-0.15, -0.1) is 0 Å². The van der Waals surface area contributed by atoms with E-state index >= 15 is 0 Å². The van der Waals surface area contributed by atoms with E-state index < -0.39 is 0 Å². The summed E-state index contributed by atoms with van der Waals surface area (Å²) in [5, 5.41) is 8.18. The molecule has 1 aliphatic rings. The molecule has 1 atom stereocenters. The molecule has 84 valence electrons. The Balaban J connectivity index is 2.37. The molecule has 0 saturated carbocycles. The molecule has 1 N–H and O–H groups in total. The molecule has 0 amide bonds. The van der Waals surface area contributed by atoms with Gasteiger partial charge in [-0.05, 0) is 47.1 Å². The van der Waals surface area contributed by atoms with Crippen LogP contribution in [-0.2, 0) is 0 Å².